The molecule has 5 nitrogen and oxygen atoms in total. The molecule has 0 aliphatic rings. The second-order valence-electron chi connectivity index (χ2n) is 2.77. The Balaban J connectivity index is 3.34. The minimum atomic E-state index is -3.27. The number of hydrogen-bond donors (Lipinski definition) is 2. The van der Waals surface area contributed by atoms with Crippen molar-refractivity contribution in [2.75, 3.05) is 6.26 Å². The van der Waals surface area contributed by atoms with Crippen LogP contribution in [-0.4, -0.2) is 26.0 Å². The van der Waals surface area contributed by atoms with E-state index in [-0.39, 0.29) is 16.2 Å². The maximum Gasteiger partial charge on any atom is 0.175 e. The summed E-state index contributed by atoms with van der Waals surface area (Å²) in [5, 5.41) is 12.5. The summed E-state index contributed by atoms with van der Waals surface area (Å²) in [5.74, 6) is 4.83. The molecule has 14 heavy (non-hydrogen) atoms. The highest BCUT2D eigenvalue weighted by Gasteiger charge is 2.09. The molecule has 0 saturated carbocycles. The Morgan fingerprint density at radius 1 is 1.50 bits per heavy atom. The molecule has 76 valence electrons. The summed E-state index contributed by atoms with van der Waals surface area (Å²) in [6.07, 6.45) is 2.27. The fourth-order valence-corrected chi connectivity index (χ4v) is 1.60. The highest BCUT2D eigenvalue weighted by molar-refractivity contribution is 7.90. The zero-order valence-corrected chi connectivity index (χ0v) is 8.32. The van der Waals surface area contributed by atoms with Crippen LogP contribution in [0.5, 0.6) is 5.75 Å². The molecule has 1 rings (SSSR count). The predicted molar refractivity (Wildman–Crippen MR) is 53.0 cm³/mol. The fourth-order valence-electron chi connectivity index (χ4n) is 0.947. The summed E-state index contributed by atoms with van der Waals surface area (Å²) in [4.78, 5) is 0.116. The van der Waals surface area contributed by atoms with Gasteiger partial charge in [0.2, 0.25) is 0 Å². The van der Waals surface area contributed by atoms with E-state index in [9.17, 15) is 13.5 Å². The van der Waals surface area contributed by atoms with Gasteiger partial charge in [0.25, 0.3) is 0 Å². The zero-order chi connectivity index (χ0) is 10.8. The lowest BCUT2D eigenvalue weighted by Crippen LogP contribution is -1.98. The lowest BCUT2D eigenvalue weighted by molar-refractivity contribution is 0.474. The van der Waals surface area contributed by atoms with E-state index in [0.29, 0.717) is 0 Å². The van der Waals surface area contributed by atoms with Crippen molar-refractivity contribution in [2.45, 2.75) is 4.90 Å². The number of rotatable bonds is 2. The number of nitrogens with zero attached hydrogens (tertiary/aromatic N) is 1. The molecule has 0 aliphatic carbocycles. The Labute approximate surface area is 81.8 Å². The summed E-state index contributed by atoms with van der Waals surface area (Å²) < 4.78 is 22.3. The van der Waals surface area contributed by atoms with E-state index in [2.05, 4.69) is 5.10 Å². The second kappa shape index (κ2) is 3.67. The predicted octanol–water partition coefficient (Wildman–Crippen LogP) is 0.0883. The van der Waals surface area contributed by atoms with Crippen LogP contribution in [0.2, 0.25) is 0 Å². The Morgan fingerprint density at radius 2 is 2.14 bits per heavy atom. The first-order valence-corrected chi connectivity index (χ1v) is 5.60. The quantitative estimate of drug-likeness (QED) is 0.414. The molecule has 0 aliphatic heterocycles. The van der Waals surface area contributed by atoms with E-state index in [1.807, 2.05) is 0 Å². The van der Waals surface area contributed by atoms with E-state index in [4.69, 9.17) is 5.84 Å². The second-order valence-corrected chi connectivity index (χ2v) is 4.79. The van der Waals surface area contributed by atoms with Crippen LogP contribution < -0.4 is 5.84 Å². The van der Waals surface area contributed by atoms with E-state index in [1.165, 1.54) is 24.4 Å². The van der Waals surface area contributed by atoms with Crippen molar-refractivity contribution in [3.05, 3.63) is 23.8 Å². The molecule has 0 aromatic heterocycles. The van der Waals surface area contributed by atoms with Gasteiger partial charge in [0, 0.05) is 11.8 Å². The van der Waals surface area contributed by atoms with Crippen LogP contribution in [-0.2, 0) is 9.84 Å². The lowest BCUT2D eigenvalue weighted by Gasteiger charge is -2.01. The minimum absolute atomic E-state index is 0.0633. The highest BCUT2D eigenvalue weighted by atomic mass is 32.2. The van der Waals surface area contributed by atoms with Gasteiger partial charge in [-0.2, -0.15) is 5.10 Å². The fraction of sp³-hybridized carbons (Fsp3) is 0.125. The molecule has 1 aromatic carbocycles. The number of hydrazone groups is 1. The molecule has 3 N–H and O–H groups in total. The number of aromatic hydroxyl groups is 1. The van der Waals surface area contributed by atoms with Crippen molar-refractivity contribution in [3.63, 3.8) is 0 Å². The highest BCUT2D eigenvalue weighted by Crippen LogP contribution is 2.19. The first-order chi connectivity index (χ1) is 6.45. The maximum absolute atomic E-state index is 11.1. The largest absolute Gasteiger partial charge is 0.507 e. The standard InChI is InChI=1S/C8H10N2O3S/c1-14(12,13)7-2-3-8(11)6(4-7)5-10-9/h2-5,11H,9H2,1H3. The Kier molecular flexibility index (Phi) is 2.76. The van der Waals surface area contributed by atoms with Gasteiger partial charge in [-0.15, -0.1) is 0 Å². The van der Waals surface area contributed by atoms with Gasteiger partial charge in [-0.05, 0) is 18.2 Å². The normalized spacial score (nSPS) is 12.1. The Bertz CT molecular complexity index is 465. The molecule has 1 aromatic rings. The minimum Gasteiger partial charge on any atom is -0.507 e. The van der Waals surface area contributed by atoms with Gasteiger partial charge in [0.1, 0.15) is 5.75 Å². The van der Waals surface area contributed by atoms with Crippen molar-refractivity contribution in [1.29, 1.82) is 0 Å². The maximum atomic E-state index is 11.1. The number of phenolic OH excluding ortho intramolecular Hbond substituents is 1. The Hall–Kier alpha value is -1.56. The first-order valence-electron chi connectivity index (χ1n) is 3.71. The van der Waals surface area contributed by atoms with Gasteiger partial charge >= 0.3 is 0 Å². The van der Waals surface area contributed by atoms with E-state index in [0.717, 1.165) is 6.26 Å². The van der Waals surface area contributed by atoms with Gasteiger partial charge in [-0.1, -0.05) is 0 Å². The molecular weight excluding hydrogens is 204 g/mol. The lowest BCUT2D eigenvalue weighted by atomic mass is 10.2. The third-order valence-corrected chi connectivity index (χ3v) is 2.75. The summed E-state index contributed by atoms with van der Waals surface area (Å²) in [5.41, 5.74) is 0.274. The molecule has 0 amide bonds. The molecule has 0 heterocycles. The van der Waals surface area contributed by atoms with Crippen LogP contribution in [0.4, 0.5) is 0 Å². The van der Waals surface area contributed by atoms with Crippen LogP contribution in [0.1, 0.15) is 5.56 Å². The smallest absolute Gasteiger partial charge is 0.175 e. The molecule has 0 spiro atoms. The van der Waals surface area contributed by atoms with Gasteiger partial charge in [-0.25, -0.2) is 8.42 Å². The topological polar surface area (TPSA) is 92.8 Å². The third kappa shape index (κ3) is 2.23. The molecule has 6 heteroatoms. The molecule has 0 fully saturated rings. The van der Waals surface area contributed by atoms with E-state index in [1.54, 1.807) is 0 Å². The van der Waals surface area contributed by atoms with Crippen molar-refractivity contribution in [3.8, 4) is 5.75 Å². The number of hydrogen-bond acceptors (Lipinski definition) is 5. The summed E-state index contributed by atoms with van der Waals surface area (Å²) in [7, 11) is -3.27. The van der Waals surface area contributed by atoms with Gasteiger partial charge in [-0.3, -0.25) is 0 Å². The van der Waals surface area contributed by atoms with Crippen molar-refractivity contribution in [2.24, 2.45) is 10.9 Å². The number of sulfone groups is 1. The molecule has 0 unspecified atom stereocenters. The summed E-state index contributed by atoms with van der Waals surface area (Å²) in [6.45, 7) is 0. The first kappa shape index (κ1) is 10.5. The van der Waals surface area contributed by atoms with Gasteiger partial charge < -0.3 is 10.9 Å². The monoisotopic (exact) mass is 214 g/mol. The van der Waals surface area contributed by atoms with Crippen LogP contribution in [0.15, 0.2) is 28.2 Å². The number of benzene rings is 1. The Morgan fingerprint density at radius 3 is 2.64 bits per heavy atom. The SMILES string of the molecule is CS(=O)(=O)c1ccc(O)c(C=NN)c1. The van der Waals surface area contributed by atoms with Crippen LogP contribution >= 0.6 is 0 Å². The van der Waals surface area contributed by atoms with Crippen LogP contribution in [0.3, 0.4) is 0 Å². The average molecular weight is 214 g/mol. The van der Waals surface area contributed by atoms with Crippen molar-refractivity contribution in [1.82, 2.24) is 0 Å². The van der Waals surface area contributed by atoms with Crippen molar-refractivity contribution >= 4 is 16.1 Å². The summed E-state index contributed by atoms with van der Waals surface area (Å²) >= 11 is 0. The van der Waals surface area contributed by atoms with Crippen LogP contribution in [0, 0.1) is 0 Å². The third-order valence-electron chi connectivity index (χ3n) is 1.64. The average Bonchev–Trinajstić information content (AvgIpc) is 2.07. The van der Waals surface area contributed by atoms with Gasteiger partial charge in [0.15, 0.2) is 9.84 Å². The van der Waals surface area contributed by atoms with Gasteiger partial charge in [0.05, 0.1) is 11.1 Å². The summed E-state index contributed by atoms with van der Waals surface area (Å²) in [6, 6.07) is 3.91. The molecule has 0 bridgehead atoms. The molecule has 0 radical (unpaired) electrons. The van der Waals surface area contributed by atoms with Crippen molar-refractivity contribution < 1.29 is 13.5 Å². The number of nitrogens with two attached hydrogens (primary N) is 1. The molecule has 0 atom stereocenters. The van der Waals surface area contributed by atoms with E-state index >= 15 is 0 Å². The zero-order valence-electron chi connectivity index (χ0n) is 7.51. The molecule has 0 saturated heterocycles. The van der Waals surface area contributed by atoms with E-state index < -0.39 is 9.84 Å². The molecular formula is C8H10N2O3S. The number of phenols is 1. The van der Waals surface area contributed by atoms with Crippen LogP contribution in [0.25, 0.3) is 0 Å².